The molecule has 2 aromatic carbocycles. The Labute approximate surface area is 196 Å². The van der Waals surface area contributed by atoms with Crippen LogP contribution in [0.4, 0.5) is 9.18 Å². The lowest BCUT2D eigenvalue weighted by Crippen LogP contribution is -2.38. The number of ether oxygens (including phenoxy) is 2. The number of nitrogens with zero attached hydrogens (tertiary/aromatic N) is 2. The van der Waals surface area contributed by atoms with Crippen molar-refractivity contribution in [2.75, 3.05) is 20.3 Å². The molecule has 0 unspecified atom stereocenters. The fourth-order valence-corrected chi connectivity index (χ4v) is 4.27. The van der Waals surface area contributed by atoms with E-state index in [2.05, 4.69) is 4.98 Å². The van der Waals surface area contributed by atoms with Gasteiger partial charge in [-0.25, -0.2) is 14.2 Å². The Morgan fingerprint density at radius 1 is 1.27 bits per heavy atom. The molecule has 3 aromatic rings. The molecule has 1 atom stereocenters. The van der Waals surface area contributed by atoms with Gasteiger partial charge in [0.15, 0.2) is 0 Å². The van der Waals surface area contributed by atoms with Crippen LogP contribution in [0.25, 0.3) is 11.1 Å². The summed E-state index contributed by atoms with van der Waals surface area (Å²) in [6.07, 6.45) is 2.66. The van der Waals surface area contributed by atoms with Crippen molar-refractivity contribution in [3.63, 3.8) is 0 Å². The van der Waals surface area contributed by atoms with Gasteiger partial charge in [-0.05, 0) is 47.7 Å². The average Bonchev–Trinajstić information content (AvgIpc) is 3.29. The van der Waals surface area contributed by atoms with E-state index in [9.17, 15) is 9.90 Å². The van der Waals surface area contributed by atoms with Gasteiger partial charge in [0.05, 0.1) is 18.7 Å². The van der Waals surface area contributed by atoms with Crippen LogP contribution in [-0.4, -0.2) is 47.4 Å². The normalized spacial score (nSPS) is 15.5. The second-order valence-corrected chi connectivity index (χ2v) is 8.33. The van der Waals surface area contributed by atoms with Crippen LogP contribution in [0.15, 0.2) is 54.7 Å². The zero-order valence-electron chi connectivity index (χ0n) is 18.1. The minimum atomic E-state index is -0.928. The van der Waals surface area contributed by atoms with Crippen molar-refractivity contribution < 1.29 is 23.8 Å². The fraction of sp³-hybridized carbons (Fsp3) is 0.280. The Kier molecular flexibility index (Phi) is 6.99. The van der Waals surface area contributed by atoms with Crippen molar-refractivity contribution in [3.8, 4) is 22.8 Å². The topological polar surface area (TPSA) is 71.9 Å². The fourth-order valence-electron chi connectivity index (χ4n) is 4.08. The molecule has 1 fully saturated rings. The Balaban J connectivity index is 1.48. The van der Waals surface area contributed by atoms with E-state index in [1.54, 1.807) is 48.7 Å². The third kappa shape index (κ3) is 5.20. The molecule has 0 radical (unpaired) electrons. The molecule has 8 heteroatoms. The summed E-state index contributed by atoms with van der Waals surface area (Å²) in [4.78, 5) is 17.0. The maximum absolute atomic E-state index is 15.5. The van der Waals surface area contributed by atoms with Crippen molar-refractivity contribution in [3.05, 3.63) is 76.7 Å². The van der Waals surface area contributed by atoms with Gasteiger partial charge in [0, 0.05) is 30.3 Å². The van der Waals surface area contributed by atoms with E-state index in [0.717, 1.165) is 18.4 Å². The van der Waals surface area contributed by atoms with E-state index in [-0.39, 0.29) is 18.5 Å². The first-order valence-electron chi connectivity index (χ1n) is 10.6. The molecule has 1 aliphatic heterocycles. The molecule has 33 heavy (non-hydrogen) atoms. The van der Waals surface area contributed by atoms with E-state index in [1.807, 2.05) is 6.07 Å². The number of amides is 1. The first kappa shape index (κ1) is 22.9. The summed E-state index contributed by atoms with van der Waals surface area (Å²) in [7, 11) is 1.51. The number of pyridine rings is 1. The smallest absolute Gasteiger partial charge is 0.407 e. The summed E-state index contributed by atoms with van der Waals surface area (Å²) in [6.45, 7) is 0.787. The summed E-state index contributed by atoms with van der Waals surface area (Å²) >= 11 is 6.10. The van der Waals surface area contributed by atoms with Gasteiger partial charge in [-0.2, -0.15) is 0 Å². The Morgan fingerprint density at radius 3 is 2.82 bits per heavy atom. The molecular weight excluding hydrogens is 447 g/mol. The van der Waals surface area contributed by atoms with Crippen molar-refractivity contribution in [1.29, 1.82) is 0 Å². The van der Waals surface area contributed by atoms with Gasteiger partial charge >= 0.3 is 6.09 Å². The molecule has 1 aromatic heterocycles. The Hall–Kier alpha value is -3.32. The van der Waals surface area contributed by atoms with E-state index in [1.165, 1.54) is 12.0 Å². The Bertz CT molecular complexity index is 1140. The van der Waals surface area contributed by atoms with Crippen LogP contribution in [0.1, 0.15) is 24.0 Å². The lowest BCUT2D eigenvalue weighted by molar-refractivity contribution is 0.122. The van der Waals surface area contributed by atoms with E-state index in [0.29, 0.717) is 46.3 Å². The monoisotopic (exact) mass is 470 g/mol. The van der Waals surface area contributed by atoms with Crippen LogP contribution in [0.5, 0.6) is 11.6 Å². The number of carbonyl (C=O) groups is 1. The first-order valence-corrected chi connectivity index (χ1v) is 11.0. The highest BCUT2D eigenvalue weighted by molar-refractivity contribution is 6.30. The predicted molar refractivity (Wildman–Crippen MR) is 124 cm³/mol. The summed E-state index contributed by atoms with van der Waals surface area (Å²) in [5.41, 5.74) is 2.33. The van der Waals surface area contributed by atoms with E-state index >= 15 is 4.39 Å². The highest BCUT2D eigenvalue weighted by Gasteiger charge is 2.29. The molecular formula is C25H24ClFN2O4. The molecule has 2 heterocycles. The molecule has 6 nitrogen and oxygen atoms in total. The van der Waals surface area contributed by atoms with Crippen molar-refractivity contribution in [2.45, 2.75) is 25.3 Å². The van der Waals surface area contributed by atoms with E-state index < -0.39 is 6.09 Å². The van der Waals surface area contributed by atoms with Crippen LogP contribution < -0.4 is 9.47 Å². The molecule has 0 aliphatic carbocycles. The first-order chi connectivity index (χ1) is 16.0. The van der Waals surface area contributed by atoms with Gasteiger partial charge < -0.3 is 19.5 Å². The highest BCUT2D eigenvalue weighted by Crippen LogP contribution is 2.36. The summed E-state index contributed by atoms with van der Waals surface area (Å²) in [5.74, 6) is 0.473. The SMILES string of the molecule is COc1ccc(Cc2ccc(OC[C@H]3CCCN3C(=O)O)nc2)c(F)c1-c1cccc(Cl)c1. The van der Waals surface area contributed by atoms with Crippen LogP contribution in [-0.2, 0) is 6.42 Å². The van der Waals surface area contributed by atoms with Gasteiger partial charge in [0.1, 0.15) is 18.2 Å². The number of benzene rings is 2. The van der Waals surface area contributed by atoms with Crippen molar-refractivity contribution in [2.24, 2.45) is 0 Å². The number of halogens is 2. The van der Waals surface area contributed by atoms with Crippen LogP contribution in [0, 0.1) is 5.82 Å². The van der Waals surface area contributed by atoms with Crippen LogP contribution in [0.2, 0.25) is 5.02 Å². The second-order valence-electron chi connectivity index (χ2n) is 7.89. The summed E-state index contributed by atoms with van der Waals surface area (Å²) < 4.78 is 26.6. The minimum Gasteiger partial charge on any atom is -0.496 e. The van der Waals surface area contributed by atoms with Crippen LogP contribution in [0.3, 0.4) is 0 Å². The van der Waals surface area contributed by atoms with Crippen molar-refractivity contribution >= 4 is 17.7 Å². The minimum absolute atomic E-state index is 0.165. The zero-order valence-corrected chi connectivity index (χ0v) is 18.9. The largest absolute Gasteiger partial charge is 0.496 e. The molecule has 0 bridgehead atoms. The molecule has 0 saturated carbocycles. The lowest BCUT2D eigenvalue weighted by atomic mass is 9.97. The predicted octanol–water partition coefficient (Wildman–Crippen LogP) is 5.66. The van der Waals surface area contributed by atoms with Gasteiger partial charge in [-0.3, -0.25) is 0 Å². The van der Waals surface area contributed by atoms with Crippen LogP contribution >= 0.6 is 11.6 Å². The molecule has 0 spiro atoms. The summed E-state index contributed by atoms with van der Waals surface area (Å²) in [5, 5.41) is 9.75. The number of methoxy groups -OCH3 is 1. The lowest BCUT2D eigenvalue weighted by Gasteiger charge is -2.21. The number of likely N-dealkylation sites (tertiary alicyclic amines) is 1. The maximum atomic E-state index is 15.5. The molecule has 1 amide bonds. The van der Waals surface area contributed by atoms with E-state index in [4.69, 9.17) is 21.1 Å². The summed E-state index contributed by atoms with van der Waals surface area (Å²) in [6, 6.07) is 13.8. The molecule has 4 rings (SSSR count). The number of carboxylic acid groups (broad SMARTS) is 1. The zero-order chi connectivity index (χ0) is 23.4. The van der Waals surface area contributed by atoms with Gasteiger partial charge in [-0.1, -0.05) is 35.9 Å². The molecule has 172 valence electrons. The highest BCUT2D eigenvalue weighted by atomic mass is 35.5. The number of hydrogen-bond donors (Lipinski definition) is 1. The second kappa shape index (κ2) is 10.1. The Morgan fingerprint density at radius 2 is 2.12 bits per heavy atom. The van der Waals surface area contributed by atoms with Gasteiger partial charge in [0.25, 0.3) is 0 Å². The molecule has 1 N–H and O–H groups in total. The third-order valence-corrected chi connectivity index (χ3v) is 5.99. The number of hydrogen-bond acceptors (Lipinski definition) is 4. The van der Waals surface area contributed by atoms with Gasteiger partial charge in [0.2, 0.25) is 5.88 Å². The standard InChI is InChI=1S/C25H24ClFN2O4/c1-32-21-9-8-18(24(27)23(21)17-4-2-5-19(26)13-17)12-16-7-10-22(28-14-16)33-15-20-6-3-11-29(20)25(30)31/h2,4-5,7-10,13-14,20H,3,6,11-12,15H2,1H3,(H,30,31)/t20-/m1/s1. The number of aromatic nitrogens is 1. The number of rotatable bonds is 7. The van der Waals surface area contributed by atoms with Gasteiger partial charge in [-0.15, -0.1) is 0 Å². The quantitative estimate of drug-likeness (QED) is 0.482. The third-order valence-electron chi connectivity index (χ3n) is 5.76. The average molecular weight is 471 g/mol. The molecule has 1 aliphatic rings. The maximum Gasteiger partial charge on any atom is 0.407 e. The molecule has 1 saturated heterocycles. The van der Waals surface area contributed by atoms with Crippen molar-refractivity contribution in [1.82, 2.24) is 9.88 Å².